The molecule has 0 aromatic heterocycles. The fourth-order valence-electron chi connectivity index (χ4n) is 3.62. The molecule has 3 aromatic carbocycles. The lowest BCUT2D eigenvalue weighted by molar-refractivity contribution is -0.123. The van der Waals surface area contributed by atoms with Crippen molar-refractivity contribution in [2.24, 2.45) is 4.99 Å². The Balaban J connectivity index is 1.68. The van der Waals surface area contributed by atoms with E-state index < -0.39 is 0 Å². The predicted molar refractivity (Wildman–Crippen MR) is 145 cm³/mol. The van der Waals surface area contributed by atoms with Crippen LogP contribution in [-0.2, 0) is 11.4 Å². The number of ether oxygens (including phenoxy) is 2. The number of para-hydroxylation sites is 1. The molecule has 1 aliphatic heterocycles. The van der Waals surface area contributed by atoms with Crippen LogP contribution < -0.4 is 9.47 Å². The van der Waals surface area contributed by atoms with Gasteiger partial charge in [-0.3, -0.25) is 9.69 Å². The smallest absolute Gasteiger partial charge is 0.266 e. The average molecular weight is 507 g/mol. The summed E-state index contributed by atoms with van der Waals surface area (Å²) in [5.74, 6) is 1.04. The van der Waals surface area contributed by atoms with Crippen molar-refractivity contribution in [3.8, 4) is 11.5 Å². The minimum atomic E-state index is -0.0873. The van der Waals surface area contributed by atoms with Gasteiger partial charge in [-0.15, -0.1) is 0 Å². The van der Waals surface area contributed by atoms with E-state index in [0.717, 1.165) is 22.4 Å². The molecule has 1 saturated heterocycles. The second-order valence-corrected chi connectivity index (χ2v) is 9.78. The molecule has 0 unspecified atom stereocenters. The van der Waals surface area contributed by atoms with Gasteiger partial charge < -0.3 is 9.47 Å². The molecule has 3 aromatic rings. The van der Waals surface area contributed by atoms with Crippen LogP contribution in [0.2, 0.25) is 5.02 Å². The van der Waals surface area contributed by atoms with Crippen molar-refractivity contribution < 1.29 is 14.3 Å². The van der Waals surface area contributed by atoms with E-state index in [4.69, 9.17) is 26.1 Å². The van der Waals surface area contributed by atoms with E-state index in [-0.39, 0.29) is 18.6 Å². The van der Waals surface area contributed by atoms with E-state index in [1.807, 2.05) is 93.6 Å². The maximum Gasteiger partial charge on any atom is 0.266 e. The normalized spacial score (nSPS) is 15.9. The largest absolute Gasteiger partial charge is 0.493 e. The second kappa shape index (κ2) is 11.0. The fraction of sp³-hybridized carbons (Fsp3) is 0.214. The van der Waals surface area contributed by atoms with E-state index >= 15 is 0 Å². The molecule has 35 heavy (non-hydrogen) atoms. The molecule has 0 bridgehead atoms. The van der Waals surface area contributed by atoms with Crippen LogP contribution in [0.3, 0.4) is 0 Å². The number of carbonyl (C=O) groups excluding carboxylic acids is 1. The van der Waals surface area contributed by atoms with Crippen LogP contribution in [-0.4, -0.2) is 29.1 Å². The van der Waals surface area contributed by atoms with Crippen LogP contribution in [0, 0.1) is 6.92 Å². The number of methoxy groups -OCH3 is 1. The summed E-state index contributed by atoms with van der Waals surface area (Å²) in [4.78, 5) is 20.4. The van der Waals surface area contributed by atoms with Crippen LogP contribution >= 0.6 is 23.4 Å². The van der Waals surface area contributed by atoms with Gasteiger partial charge in [0.15, 0.2) is 16.7 Å². The van der Waals surface area contributed by atoms with E-state index in [1.165, 1.54) is 11.8 Å². The molecular formula is C28H27ClN2O3S. The molecule has 4 rings (SSSR count). The molecule has 180 valence electrons. The molecule has 0 N–H and O–H groups in total. The first-order chi connectivity index (χ1) is 16.9. The van der Waals surface area contributed by atoms with Gasteiger partial charge in [-0.1, -0.05) is 59.6 Å². The summed E-state index contributed by atoms with van der Waals surface area (Å²) >= 11 is 7.67. The summed E-state index contributed by atoms with van der Waals surface area (Å²) in [7, 11) is 1.59. The number of carbonyl (C=O) groups is 1. The number of rotatable bonds is 7. The molecule has 0 atom stereocenters. The quantitative estimate of drug-likeness (QED) is 0.317. The fourth-order valence-corrected chi connectivity index (χ4v) is 4.92. The number of halogens is 1. The van der Waals surface area contributed by atoms with E-state index in [1.54, 1.807) is 12.0 Å². The highest BCUT2D eigenvalue weighted by atomic mass is 35.5. The number of hydrogen-bond acceptors (Lipinski definition) is 5. The molecule has 5 nitrogen and oxygen atoms in total. The number of aryl methyl sites for hydroxylation is 1. The SMILES string of the molecule is COc1cccc(/C=C2/SC(=Nc3ccc(C)cc3)N(C(C)C)C2=O)c1OCc1ccccc1Cl. The summed E-state index contributed by atoms with van der Waals surface area (Å²) in [5, 5.41) is 1.29. The van der Waals surface area contributed by atoms with E-state index in [2.05, 4.69) is 0 Å². The van der Waals surface area contributed by atoms with E-state index in [9.17, 15) is 4.79 Å². The molecular weight excluding hydrogens is 480 g/mol. The number of benzene rings is 3. The Bertz CT molecular complexity index is 1290. The monoisotopic (exact) mass is 506 g/mol. The Morgan fingerprint density at radius 3 is 2.49 bits per heavy atom. The van der Waals surface area contributed by atoms with Gasteiger partial charge >= 0.3 is 0 Å². The molecule has 7 heteroatoms. The van der Waals surface area contributed by atoms with Gasteiger partial charge in [-0.05, 0) is 62.9 Å². The highest BCUT2D eigenvalue weighted by molar-refractivity contribution is 8.18. The topological polar surface area (TPSA) is 51.1 Å². The number of amidine groups is 1. The zero-order chi connectivity index (χ0) is 24.9. The van der Waals surface area contributed by atoms with Crippen LogP contribution in [0.25, 0.3) is 6.08 Å². The Morgan fingerprint density at radius 2 is 1.80 bits per heavy atom. The highest BCUT2D eigenvalue weighted by Crippen LogP contribution is 2.39. The number of aliphatic imine (C=N–C) groups is 1. The summed E-state index contributed by atoms with van der Waals surface area (Å²) in [6, 6.07) is 21.0. The number of thioether (sulfide) groups is 1. The molecule has 1 heterocycles. The Hall–Kier alpha value is -3.22. The lowest BCUT2D eigenvalue weighted by atomic mass is 10.1. The number of hydrogen-bond donors (Lipinski definition) is 0. The van der Waals surface area contributed by atoms with E-state index in [0.29, 0.717) is 26.6 Å². The second-order valence-electron chi connectivity index (χ2n) is 8.37. The predicted octanol–water partition coefficient (Wildman–Crippen LogP) is 7.25. The molecule has 0 spiro atoms. The van der Waals surface area contributed by atoms with Crippen molar-refractivity contribution in [1.82, 2.24) is 4.90 Å². The third kappa shape index (κ3) is 5.72. The summed E-state index contributed by atoms with van der Waals surface area (Å²) in [5.41, 5.74) is 3.58. The third-order valence-corrected chi connectivity index (χ3v) is 6.81. The maximum atomic E-state index is 13.4. The third-order valence-electron chi connectivity index (χ3n) is 5.46. The first-order valence-electron chi connectivity index (χ1n) is 11.3. The lowest BCUT2D eigenvalue weighted by Gasteiger charge is -2.19. The first-order valence-corrected chi connectivity index (χ1v) is 12.5. The van der Waals surface area contributed by atoms with Crippen LogP contribution in [0.4, 0.5) is 5.69 Å². The molecule has 0 radical (unpaired) electrons. The zero-order valence-corrected chi connectivity index (χ0v) is 21.7. The van der Waals surface area contributed by atoms with Crippen LogP contribution in [0.1, 0.15) is 30.5 Å². The molecule has 1 amide bonds. The van der Waals surface area contributed by atoms with Gasteiger partial charge in [0, 0.05) is 22.2 Å². The van der Waals surface area contributed by atoms with Crippen molar-refractivity contribution in [1.29, 1.82) is 0 Å². The average Bonchev–Trinajstić information content (AvgIpc) is 3.15. The van der Waals surface area contributed by atoms with Gasteiger partial charge in [0.05, 0.1) is 17.7 Å². The molecule has 0 aliphatic carbocycles. The van der Waals surface area contributed by atoms with Gasteiger partial charge in [-0.2, -0.15) is 0 Å². The van der Waals surface area contributed by atoms with Crippen LogP contribution in [0.5, 0.6) is 11.5 Å². The van der Waals surface area contributed by atoms with Gasteiger partial charge in [0.1, 0.15) is 6.61 Å². The molecule has 1 aliphatic rings. The van der Waals surface area contributed by atoms with Crippen molar-refractivity contribution in [3.63, 3.8) is 0 Å². The minimum absolute atomic E-state index is 0.0358. The van der Waals surface area contributed by atoms with Gasteiger partial charge in [-0.25, -0.2) is 4.99 Å². The summed E-state index contributed by atoms with van der Waals surface area (Å²) in [6.45, 7) is 6.27. The Labute approximate surface area is 215 Å². The lowest BCUT2D eigenvalue weighted by Crippen LogP contribution is -2.35. The standard InChI is InChI=1S/C28H27ClN2O3S/c1-18(2)31-27(32)25(35-28(31)30-22-14-12-19(3)13-15-22)16-20-9-7-11-24(33-4)26(20)34-17-21-8-5-6-10-23(21)29/h5-16,18H,17H2,1-4H3/b25-16+,30-28?. The summed E-state index contributed by atoms with van der Waals surface area (Å²) < 4.78 is 11.7. The Kier molecular flexibility index (Phi) is 7.83. The van der Waals surface area contributed by atoms with Gasteiger partial charge in [0.2, 0.25) is 0 Å². The van der Waals surface area contributed by atoms with Crippen molar-refractivity contribution >= 4 is 46.2 Å². The minimum Gasteiger partial charge on any atom is -0.493 e. The van der Waals surface area contributed by atoms with Crippen molar-refractivity contribution in [2.45, 2.75) is 33.4 Å². The van der Waals surface area contributed by atoms with Crippen molar-refractivity contribution in [3.05, 3.63) is 93.3 Å². The number of amides is 1. The zero-order valence-electron chi connectivity index (χ0n) is 20.1. The number of nitrogens with zero attached hydrogens (tertiary/aromatic N) is 2. The maximum absolute atomic E-state index is 13.4. The Morgan fingerprint density at radius 1 is 1.06 bits per heavy atom. The van der Waals surface area contributed by atoms with Crippen molar-refractivity contribution in [2.75, 3.05) is 7.11 Å². The van der Waals surface area contributed by atoms with Crippen LogP contribution in [0.15, 0.2) is 76.6 Å². The molecule has 0 saturated carbocycles. The first kappa shape index (κ1) is 24.9. The molecule has 1 fully saturated rings. The highest BCUT2D eigenvalue weighted by Gasteiger charge is 2.35. The van der Waals surface area contributed by atoms with Gasteiger partial charge in [0.25, 0.3) is 5.91 Å². The summed E-state index contributed by atoms with van der Waals surface area (Å²) in [6.07, 6.45) is 1.84.